The average Bonchev–Trinajstić information content (AvgIpc) is 3.31. The van der Waals surface area contributed by atoms with Gasteiger partial charge in [0, 0.05) is 20.8 Å². The number of carbonyl (C=O) groups is 1. The van der Waals surface area contributed by atoms with Crippen LogP contribution in [0.5, 0.6) is 0 Å². The fraction of sp³-hybridized carbons (Fsp3) is 0.533. The van der Waals surface area contributed by atoms with Crippen molar-refractivity contribution < 1.29 is 22.7 Å². The summed E-state index contributed by atoms with van der Waals surface area (Å²) in [6.45, 7) is 0.425. The molecule has 0 saturated carbocycles. The minimum absolute atomic E-state index is 0.0788. The molecule has 2 aromatic rings. The van der Waals surface area contributed by atoms with Crippen LogP contribution in [0.25, 0.3) is 11.0 Å². The highest BCUT2D eigenvalue weighted by atomic mass is 32.2. The zero-order chi connectivity index (χ0) is 18.7. The van der Waals surface area contributed by atoms with E-state index in [1.54, 1.807) is 12.1 Å². The molecule has 1 saturated heterocycles. The number of aromatic nitrogens is 2. The van der Waals surface area contributed by atoms with Crippen molar-refractivity contribution in [2.24, 2.45) is 0 Å². The summed E-state index contributed by atoms with van der Waals surface area (Å²) in [5.74, 6) is -0.367. The molecule has 142 valence electrons. The van der Waals surface area contributed by atoms with E-state index in [-0.39, 0.29) is 23.9 Å². The molecule has 1 atom stereocenters. The number of hydrogen-bond acceptors (Lipinski definition) is 8. The smallest absolute Gasteiger partial charge is 0.246 e. The quantitative estimate of drug-likeness (QED) is 0.677. The van der Waals surface area contributed by atoms with Gasteiger partial charge in [0.1, 0.15) is 22.0 Å². The minimum Gasteiger partial charge on any atom is -0.354 e. The van der Waals surface area contributed by atoms with E-state index in [1.165, 1.54) is 24.6 Å². The van der Waals surface area contributed by atoms with Gasteiger partial charge in [0.05, 0.1) is 18.3 Å². The molecule has 0 bridgehead atoms. The summed E-state index contributed by atoms with van der Waals surface area (Å²) >= 11 is 0.959. The van der Waals surface area contributed by atoms with Gasteiger partial charge in [-0.3, -0.25) is 4.79 Å². The van der Waals surface area contributed by atoms with Crippen molar-refractivity contribution in [3.8, 4) is 0 Å². The molecule has 9 nitrogen and oxygen atoms in total. The molecular weight excluding hydrogens is 380 g/mol. The Kier molecular flexibility index (Phi) is 5.82. The molecule has 1 amide bonds. The van der Waals surface area contributed by atoms with Crippen LogP contribution in [0.2, 0.25) is 0 Å². The lowest BCUT2D eigenvalue weighted by Crippen LogP contribution is -2.47. The summed E-state index contributed by atoms with van der Waals surface area (Å²) in [4.78, 5) is 12.6. The molecule has 1 unspecified atom stereocenters. The average molecular weight is 400 g/mol. The lowest BCUT2D eigenvalue weighted by Gasteiger charge is -2.24. The predicted molar refractivity (Wildman–Crippen MR) is 95.1 cm³/mol. The van der Waals surface area contributed by atoms with Gasteiger partial charge >= 0.3 is 0 Å². The van der Waals surface area contributed by atoms with Crippen LogP contribution in [0.4, 0.5) is 0 Å². The normalized spacial score (nSPS) is 18.7. The molecule has 1 fully saturated rings. The monoisotopic (exact) mass is 400 g/mol. The molecule has 0 radical (unpaired) electrons. The molecule has 1 aromatic carbocycles. The molecule has 2 heterocycles. The second kappa shape index (κ2) is 7.92. The number of hydrogen-bond donors (Lipinski definition) is 1. The summed E-state index contributed by atoms with van der Waals surface area (Å²) in [6, 6.07) is 4.07. The Morgan fingerprint density at radius 1 is 1.38 bits per heavy atom. The number of methoxy groups -OCH3 is 2. The van der Waals surface area contributed by atoms with Crippen LogP contribution >= 0.6 is 11.7 Å². The Morgan fingerprint density at radius 3 is 2.88 bits per heavy atom. The molecule has 0 spiro atoms. The Morgan fingerprint density at radius 2 is 2.15 bits per heavy atom. The fourth-order valence-electron chi connectivity index (χ4n) is 2.97. The van der Waals surface area contributed by atoms with Gasteiger partial charge in [-0.1, -0.05) is 6.07 Å². The summed E-state index contributed by atoms with van der Waals surface area (Å²) in [6.07, 6.45) is 0.488. The lowest BCUT2D eigenvalue weighted by molar-refractivity contribution is -0.130. The third-order valence-corrected chi connectivity index (χ3v) is 6.79. The highest BCUT2D eigenvalue weighted by molar-refractivity contribution is 7.89. The Hall–Kier alpha value is -1.66. The van der Waals surface area contributed by atoms with E-state index in [2.05, 4.69) is 14.1 Å². The van der Waals surface area contributed by atoms with E-state index in [0.29, 0.717) is 23.9 Å². The number of rotatable bonds is 7. The Labute approximate surface area is 155 Å². The van der Waals surface area contributed by atoms with Crippen molar-refractivity contribution in [2.75, 3.05) is 27.3 Å². The van der Waals surface area contributed by atoms with Crippen molar-refractivity contribution >= 4 is 38.7 Å². The van der Waals surface area contributed by atoms with Crippen LogP contribution in [0.1, 0.15) is 12.8 Å². The topological polar surface area (TPSA) is 111 Å². The summed E-state index contributed by atoms with van der Waals surface area (Å²) in [5.41, 5.74) is 0.863. The Bertz CT molecular complexity index is 881. The number of nitrogens with one attached hydrogen (secondary N) is 1. The number of sulfonamides is 1. The van der Waals surface area contributed by atoms with Crippen molar-refractivity contribution in [1.29, 1.82) is 0 Å². The molecule has 1 aliphatic heterocycles. The van der Waals surface area contributed by atoms with E-state index >= 15 is 0 Å². The van der Waals surface area contributed by atoms with E-state index in [1.807, 2.05) is 0 Å². The second-order valence-electron chi connectivity index (χ2n) is 5.81. The van der Waals surface area contributed by atoms with E-state index in [0.717, 1.165) is 11.7 Å². The van der Waals surface area contributed by atoms with Crippen LogP contribution in [-0.2, 0) is 24.3 Å². The predicted octanol–water partition coefficient (Wildman–Crippen LogP) is 0.579. The summed E-state index contributed by atoms with van der Waals surface area (Å²) in [7, 11) is -0.930. The number of fused-ring (bicyclic) bond motifs is 1. The lowest BCUT2D eigenvalue weighted by atomic mass is 10.2. The van der Waals surface area contributed by atoms with Crippen LogP contribution in [0.3, 0.4) is 0 Å². The second-order valence-corrected chi connectivity index (χ2v) is 8.20. The highest BCUT2D eigenvalue weighted by Gasteiger charge is 2.40. The molecule has 3 rings (SSSR count). The van der Waals surface area contributed by atoms with Gasteiger partial charge in [-0.2, -0.15) is 13.1 Å². The first-order valence-corrected chi connectivity index (χ1v) is 10.2. The van der Waals surface area contributed by atoms with Gasteiger partial charge in [-0.15, -0.1) is 0 Å². The van der Waals surface area contributed by atoms with Crippen LogP contribution in [0.15, 0.2) is 23.1 Å². The molecule has 1 aromatic heterocycles. The number of carbonyl (C=O) groups excluding carboxylic acids is 1. The summed E-state index contributed by atoms with van der Waals surface area (Å²) < 4.78 is 45.8. The van der Waals surface area contributed by atoms with E-state index in [4.69, 9.17) is 9.47 Å². The van der Waals surface area contributed by atoms with E-state index < -0.39 is 22.4 Å². The zero-order valence-corrected chi connectivity index (χ0v) is 16.0. The van der Waals surface area contributed by atoms with Gasteiger partial charge in [-0.05, 0) is 25.0 Å². The fourth-order valence-corrected chi connectivity index (χ4v) is 5.38. The van der Waals surface area contributed by atoms with Crippen LogP contribution in [0, 0.1) is 0 Å². The maximum Gasteiger partial charge on any atom is 0.246 e. The van der Waals surface area contributed by atoms with Gasteiger partial charge in [0.25, 0.3) is 0 Å². The van der Waals surface area contributed by atoms with Crippen molar-refractivity contribution in [3.05, 3.63) is 18.2 Å². The summed E-state index contributed by atoms with van der Waals surface area (Å²) in [5, 5.41) is 2.69. The largest absolute Gasteiger partial charge is 0.354 e. The number of benzene rings is 1. The van der Waals surface area contributed by atoms with Gasteiger partial charge in [0.15, 0.2) is 6.29 Å². The van der Waals surface area contributed by atoms with Crippen molar-refractivity contribution in [2.45, 2.75) is 30.1 Å². The van der Waals surface area contributed by atoms with E-state index in [9.17, 15) is 13.2 Å². The number of nitrogens with zero attached hydrogens (tertiary/aromatic N) is 3. The number of ether oxygens (including phenoxy) is 2. The number of amides is 1. The van der Waals surface area contributed by atoms with Gasteiger partial charge in [0.2, 0.25) is 15.9 Å². The van der Waals surface area contributed by atoms with Crippen molar-refractivity contribution in [3.63, 3.8) is 0 Å². The standard InChI is InChI=1S/C15H20N4O5S2/c1-23-13(24-2)9-16-15(20)11-6-4-8-19(11)26(21,22)12-7-3-5-10-14(12)18-25-17-10/h3,5,7,11,13H,4,6,8-9H2,1-2H3,(H,16,20). The van der Waals surface area contributed by atoms with Crippen LogP contribution < -0.4 is 5.32 Å². The molecule has 11 heteroatoms. The SMILES string of the molecule is COC(CNC(=O)C1CCCN1S(=O)(=O)c1cccc2nsnc12)OC. The Balaban J connectivity index is 1.83. The minimum atomic E-state index is -3.86. The van der Waals surface area contributed by atoms with Crippen molar-refractivity contribution in [1.82, 2.24) is 18.4 Å². The molecule has 1 N–H and O–H groups in total. The first-order valence-electron chi connectivity index (χ1n) is 8.05. The zero-order valence-electron chi connectivity index (χ0n) is 14.4. The van der Waals surface area contributed by atoms with Gasteiger partial charge in [-0.25, -0.2) is 8.42 Å². The first-order chi connectivity index (χ1) is 12.5. The maximum absolute atomic E-state index is 13.1. The third kappa shape index (κ3) is 3.58. The van der Waals surface area contributed by atoms with Gasteiger partial charge < -0.3 is 14.8 Å². The van der Waals surface area contributed by atoms with Crippen LogP contribution in [-0.4, -0.2) is 67.0 Å². The molecular formula is C15H20N4O5S2. The maximum atomic E-state index is 13.1. The molecule has 0 aliphatic carbocycles. The molecule has 1 aliphatic rings. The third-order valence-electron chi connectivity index (χ3n) is 4.31. The highest BCUT2D eigenvalue weighted by Crippen LogP contribution is 2.29. The molecule has 26 heavy (non-hydrogen) atoms. The first kappa shape index (κ1) is 19.1.